The molecule has 0 bridgehead atoms. The summed E-state index contributed by atoms with van der Waals surface area (Å²) in [4.78, 5) is 34.6. The van der Waals surface area contributed by atoms with E-state index in [0.29, 0.717) is 36.9 Å². The molecule has 2 amide bonds. The molecule has 3 aromatic heterocycles. The molecule has 0 spiro atoms. The summed E-state index contributed by atoms with van der Waals surface area (Å²) in [5.74, 6) is -0.663. The topological polar surface area (TPSA) is 110 Å². The lowest BCUT2D eigenvalue weighted by Gasteiger charge is -2.46. The van der Waals surface area contributed by atoms with E-state index in [1.807, 2.05) is 19.9 Å². The quantitative estimate of drug-likeness (QED) is 0.404. The summed E-state index contributed by atoms with van der Waals surface area (Å²) >= 11 is 0. The van der Waals surface area contributed by atoms with Crippen LogP contribution < -0.4 is 0 Å². The summed E-state index contributed by atoms with van der Waals surface area (Å²) in [7, 11) is 0. The van der Waals surface area contributed by atoms with Crippen LogP contribution in [-0.4, -0.2) is 71.6 Å². The van der Waals surface area contributed by atoms with Crippen molar-refractivity contribution in [2.24, 2.45) is 0 Å². The van der Waals surface area contributed by atoms with Crippen molar-refractivity contribution in [2.45, 2.75) is 52.5 Å². The predicted octanol–water partition coefficient (Wildman–Crippen LogP) is 3.90. The molecule has 1 saturated heterocycles. The standard InChI is InChI=1S/C27H30FN7O3/c1-16-30-31-23(38-16)25(37)33-11-12-34(27(5,6)15-33)24(36)21-14-35-22(29-21)19(26(2,3)4)13-20(32-35)17-7-9-18(28)10-8-17/h7-10,13-14H,11-12,15H2,1-6H3. The van der Waals surface area contributed by atoms with Crippen LogP contribution >= 0.6 is 0 Å². The molecule has 0 N–H and O–H groups in total. The number of rotatable bonds is 3. The Hall–Kier alpha value is -4.15. The van der Waals surface area contributed by atoms with Gasteiger partial charge in [0.25, 0.3) is 5.91 Å². The second-order valence-corrected chi connectivity index (χ2v) is 11.2. The molecule has 0 radical (unpaired) electrons. The van der Waals surface area contributed by atoms with Gasteiger partial charge in [-0.25, -0.2) is 13.9 Å². The van der Waals surface area contributed by atoms with Crippen LogP contribution in [0.4, 0.5) is 4.39 Å². The van der Waals surface area contributed by atoms with Gasteiger partial charge in [0.15, 0.2) is 5.65 Å². The summed E-state index contributed by atoms with van der Waals surface area (Å²) in [6, 6.07) is 8.09. The van der Waals surface area contributed by atoms with Gasteiger partial charge in [0, 0.05) is 37.7 Å². The van der Waals surface area contributed by atoms with E-state index in [1.54, 1.807) is 39.6 Å². The first-order valence-electron chi connectivity index (χ1n) is 12.4. The maximum atomic E-state index is 13.7. The van der Waals surface area contributed by atoms with Crippen LogP contribution in [0.1, 0.15) is 67.2 Å². The van der Waals surface area contributed by atoms with Crippen molar-refractivity contribution in [3.8, 4) is 11.3 Å². The highest BCUT2D eigenvalue weighted by molar-refractivity contribution is 5.94. The number of hydrogen-bond acceptors (Lipinski definition) is 7. The van der Waals surface area contributed by atoms with Gasteiger partial charge in [-0.05, 0) is 49.6 Å². The highest BCUT2D eigenvalue weighted by Gasteiger charge is 2.40. The highest BCUT2D eigenvalue weighted by Crippen LogP contribution is 2.31. The fourth-order valence-corrected chi connectivity index (χ4v) is 4.76. The number of piperazine rings is 1. The molecule has 4 heterocycles. The minimum absolute atomic E-state index is 0.0591. The van der Waals surface area contributed by atoms with Crippen LogP contribution in [0, 0.1) is 12.7 Å². The van der Waals surface area contributed by atoms with Crippen LogP contribution in [0.25, 0.3) is 16.9 Å². The lowest BCUT2D eigenvalue weighted by Crippen LogP contribution is -2.62. The number of nitrogens with zero attached hydrogens (tertiary/aromatic N) is 7. The number of carbonyl (C=O) groups is 2. The Kier molecular flexibility index (Phi) is 6.04. The largest absolute Gasteiger partial charge is 0.417 e. The third kappa shape index (κ3) is 4.64. The van der Waals surface area contributed by atoms with Crippen molar-refractivity contribution < 1.29 is 18.4 Å². The molecule has 0 aliphatic carbocycles. The Balaban J connectivity index is 1.46. The fraction of sp³-hybridized carbons (Fsp3) is 0.407. The van der Waals surface area contributed by atoms with Crippen molar-refractivity contribution in [2.75, 3.05) is 19.6 Å². The molecule has 0 unspecified atom stereocenters. The second-order valence-electron chi connectivity index (χ2n) is 11.2. The van der Waals surface area contributed by atoms with Crippen molar-refractivity contribution in [3.05, 3.63) is 65.4 Å². The summed E-state index contributed by atoms with van der Waals surface area (Å²) in [5.41, 5.74) is 2.22. The first-order valence-corrected chi connectivity index (χ1v) is 12.4. The third-order valence-electron chi connectivity index (χ3n) is 6.74. The lowest BCUT2D eigenvalue weighted by atomic mass is 9.87. The number of benzene rings is 1. The van der Waals surface area contributed by atoms with Gasteiger partial charge in [-0.1, -0.05) is 20.8 Å². The zero-order chi connectivity index (χ0) is 27.4. The number of imidazole rings is 1. The normalized spacial score (nSPS) is 15.8. The van der Waals surface area contributed by atoms with Crippen molar-refractivity contribution in [1.82, 2.24) is 34.6 Å². The predicted molar refractivity (Wildman–Crippen MR) is 137 cm³/mol. The van der Waals surface area contributed by atoms with Gasteiger partial charge >= 0.3 is 11.8 Å². The van der Waals surface area contributed by atoms with Crippen LogP contribution in [0.2, 0.25) is 0 Å². The van der Waals surface area contributed by atoms with Crippen LogP contribution in [-0.2, 0) is 5.41 Å². The Morgan fingerprint density at radius 3 is 2.37 bits per heavy atom. The van der Waals surface area contributed by atoms with Gasteiger partial charge in [0.05, 0.1) is 17.4 Å². The SMILES string of the molecule is Cc1nnc(C(=O)N2CCN(C(=O)c3cn4nc(-c5ccc(F)cc5)cc(C(C)(C)C)c4n3)C(C)(C)C2)o1. The summed E-state index contributed by atoms with van der Waals surface area (Å²) in [6.07, 6.45) is 1.63. The molecule has 38 heavy (non-hydrogen) atoms. The number of aromatic nitrogens is 5. The Bertz CT molecular complexity index is 1530. The van der Waals surface area contributed by atoms with Crippen LogP contribution in [0.15, 0.2) is 40.9 Å². The molecule has 1 aromatic carbocycles. The zero-order valence-corrected chi connectivity index (χ0v) is 22.3. The van der Waals surface area contributed by atoms with E-state index in [0.717, 1.165) is 11.1 Å². The van der Waals surface area contributed by atoms with E-state index < -0.39 is 5.54 Å². The summed E-state index contributed by atoms with van der Waals surface area (Å²) in [5, 5.41) is 12.3. The van der Waals surface area contributed by atoms with E-state index in [-0.39, 0.29) is 34.6 Å². The molecule has 198 valence electrons. The molecule has 11 heteroatoms. The number of halogens is 1. The van der Waals surface area contributed by atoms with Gasteiger partial charge in [-0.15, -0.1) is 10.2 Å². The smallest absolute Gasteiger partial charge is 0.311 e. The van der Waals surface area contributed by atoms with E-state index in [2.05, 4.69) is 36.1 Å². The van der Waals surface area contributed by atoms with Gasteiger partial charge in [0.1, 0.15) is 11.5 Å². The van der Waals surface area contributed by atoms with Crippen LogP contribution in [0.3, 0.4) is 0 Å². The first-order chi connectivity index (χ1) is 17.8. The average molecular weight is 520 g/mol. The molecule has 1 fully saturated rings. The van der Waals surface area contributed by atoms with Gasteiger partial charge in [0.2, 0.25) is 5.89 Å². The number of carbonyl (C=O) groups excluding carboxylic acids is 2. The summed E-state index contributed by atoms with van der Waals surface area (Å²) in [6.45, 7) is 12.6. The molecule has 1 aliphatic rings. The highest BCUT2D eigenvalue weighted by atomic mass is 19.1. The molecule has 10 nitrogen and oxygen atoms in total. The summed E-state index contributed by atoms with van der Waals surface area (Å²) < 4.78 is 20.4. The minimum Gasteiger partial charge on any atom is -0.417 e. The Morgan fingerprint density at radius 1 is 1.05 bits per heavy atom. The zero-order valence-electron chi connectivity index (χ0n) is 22.3. The lowest BCUT2D eigenvalue weighted by molar-refractivity contribution is 0.0150. The van der Waals surface area contributed by atoms with Gasteiger partial charge in [-0.3, -0.25) is 9.59 Å². The van der Waals surface area contributed by atoms with E-state index in [4.69, 9.17) is 9.40 Å². The van der Waals surface area contributed by atoms with E-state index >= 15 is 0 Å². The number of fused-ring (bicyclic) bond motifs is 1. The fourth-order valence-electron chi connectivity index (χ4n) is 4.76. The molecule has 1 aliphatic heterocycles. The van der Waals surface area contributed by atoms with Crippen LogP contribution in [0.5, 0.6) is 0 Å². The average Bonchev–Trinajstić information content (AvgIpc) is 3.48. The van der Waals surface area contributed by atoms with E-state index in [9.17, 15) is 14.0 Å². The minimum atomic E-state index is -0.671. The van der Waals surface area contributed by atoms with Crippen molar-refractivity contribution in [1.29, 1.82) is 0 Å². The molecule has 5 rings (SSSR count). The maximum absolute atomic E-state index is 13.7. The van der Waals surface area contributed by atoms with Gasteiger partial charge in [-0.2, -0.15) is 5.10 Å². The van der Waals surface area contributed by atoms with Crippen molar-refractivity contribution >= 4 is 17.5 Å². The second kappa shape index (κ2) is 9.00. The monoisotopic (exact) mass is 519 g/mol. The maximum Gasteiger partial charge on any atom is 0.311 e. The molecule has 0 atom stereocenters. The number of amides is 2. The molecule has 0 saturated carbocycles. The Labute approximate surface area is 219 Å². The van der Waals surface area contributed by atoms with E-state index in [1.165, 1.54) is 12.1 Å². The Morgan fingerprint density at radius 2 is 1.76 bits per heavy atom. The number of hydrogen-bond donors (Lipinski definition) is 0. The molecule has 4 aromatic rings. The van der Waals surface area contributed by atoms with Crippen molar-refractivity contribution in [3.63, 3.8) is 0 Å². The third-order valence-corrected chi connectivity index (χ3v) is 6.74. The number of aryl methyl sites for hydroxylation is 1. The van der Waals surface area contributed by atoms with Gasteiger partial charge < -0.3 is 14.2 Å². The molecular formula is C27H30FN7O3. The molecular weight excluding hydrogens is 489 g/mol. The first kappa shape index (κ1) is 25.5.